The fourth-order valence-corrected chi connectivity index (χ4v) is 7.24. The maximum absolute atomic E-state index is 14.4. The topological polar surface area (TPSA) is 70.6 Å². The van der Waals surface area contributed by atoms with E-state index in [1.807, 2.05) is 37.3 Å². The minimum Gasteiger partial charge on any atom is -0.279 e. The molecule has 1 atom stereocenters. The number of halogens is 2. The van der Waals surface area contributed by atoms with Crippen LogP contribution in [0.15, 0.2) is 71.6 Å². The van der Waals surface area contributed by atoms with Gasteiger partial charge in [0.05, 0.1) is 16.1 Å². The van der Waals surface area contributed by atoms with E-state index in [9.17, 15) is 22.0 Å². The number of hydrogen-bond donors (Lipinski definition) is 0. The van der Waals surface area contributed by atoms with Gasteiger partial charge in [-0.3, -0.25) is 9.69 Å². The zero-order valence-corrected chi connectivity index (χ0v) is 21.7. The Morgan fingerprint density at radius 1 is 1.08 bits per heavy atom. The number of carbonyl (C=O) groups is 1. The van der Waals surface area contributed by atoms with E-state index in [-0.39, 0.29) is 38.4 Å². The Morgan fingerprint density at radius 2 is 1.81 bits per heavy atom. The highest BCUT2D eigenvalue weighted by Crippen LogP contribution is 2.33. The SMILES string of the molecule is CC1CCCCN1S(=O)(=O)c1ccc(C(=O)N(Cc2ccccc2)c2nc3c(F)cc(F)cc3s2)cc1. The Bertz CT molecular complexity index is 1540. The van der Waals surface area contributed by atoms with Crippen LogP contribution >= 0.6 is 11.3 Å². The molecule has 0 bridgehead atoms. The molecule has 0 N–H and O–H groups in total. The van der Waals surface area contributed by atoms with Gasteiger partial charge in [-0.05, 0) is 55.7 Å². The van der Waals surface area contributed by atoms with E-state index in [1.54, 1.807) is 0 Å². The van der Waals surface area contributed by atoms with Crippen molar-refractivity contribution < 1.29 is 22.0 Å². The van der Waals surface area contributed by atoms with E-state index in [0.717, 1.165) is 42.2 Å². The normalized spacial score (nSPS) is 16.7. The smallest absolute Gasteiger partial charge is 0.260 e. The molecule has 0 aliphatic carbocycles. The molecule has 5 rings (SSSR count). The lowest BCUT2D eigenvalue weighted by Gasteiger charge is -2.32. The molecule has 1 amide bonds. The Labute approximate surface area is 218 Å². The maximum Gasteiger partial charge on any atom is 0.260 e. The average Bonchev–Trinajstić information content (AvgIpc) is 3.32. The molecule has 0 spiro atoms. The van der Waals surface area contributed by atoms with Crippen molar-refractivity contribution in [2.24, 2.45) is 0 Å². The number of amides is 1. The molecule has 1 aliphatic rings. The standard InChI is InChI=1S/C27H25F2N3O3S2/c1-18-7-5-6-14-32(18)37(34,35)22-12-10-20(11-13-22)26(33)31(17-19-8-3-2-4-9-19)27-30-25-23(29)15-21(28)16-24(25)36-27/h2-4,8-13,15-16,18H,5-7,14,17H2,1H3. The number of carbonyl (C=O) groups excluding carboxylic acids is 1. The lowest BCUT2D eigenvalue weighted by atomic mass is 10.1. The average molecular weight is 542 g/mol. The first-order valence-electron chi connectivity index (χ1n) is 12.0. The van der Waals surface area contributed by atoms with E-state index >= 15 is 0 Å². The van der Waals surface area contributed by atoms with Crippen LogP contribution in [0.1, 0.15) is 42.1 Å². The third kappa shape index (κ3) is 5.14. The summed E-state index contributed by atoms with van der Waals surface area (Å²) in [5, 5.41) is 0.215. The number of hydrogen-bond acceptors (Lipinski definition) is 5. The summed E-state index contributed by atoms with van der Waals surface area (Å²) in [6.07, 6.45) is 2.64. The fraction of sp³-hybridized carbons (Fsp3) is 0.259. The summed E-state index contributed by atoms with van der Waals surface area (Å²) in [5.74, 6) is -1.95. The molecule has 37 heavy (non-hydrogen) atoms. The summed E-state index contributed by atoms with van der Waals surface area (Å²) >= 11 is 1.01. The van der Waals surface area contributed by atoms with Crippen molar-refractivity contribution in [3.8, 4) is 0 Å². The van der Waals surface area contributed by atoms with Crippen molar-refractivity contribution >= 4 is 42.6 Å². The minimum atomic E-state index is -3.68. The highest BCUT2D eigenvalue weighted by atomic mass is 32.2. The van der Waals surface area contributed by atoms with Crippen LogP contribution in [0.5, 0.6) is 0 Å². The number of benzene rings is 3. The van der Waals surface area contributed by atoms with Crippen molar-refractivity contribution in [3.05, 3.63) is 89.5 Å². The van der Waals surface area contributed by atoms with Gasteiger partial charge in [-0.2, -0.15) is 4.31 Å². The van der Waals surface area contributed by atoms with Crippen LogP contribution in [-0.4, -0.2) is 36.2 Å². The summed E-state index contributed by atoms with van der Waals surface area (Å²) < 4.78 is 56.3. The molecule has 0 saturated carbocycles. The van der Waals surface area contributed by atoms with Crippen molar-refractivity contribution in [2.75, 3.05) is 11.4 Å². The molecular formula is C27H25F2N3O3S2. The van der Waals surface area contributed by atoms with Gasteiger partial charge in [0.25, 0.3) is 5.91 Å². The van der Waals surface area contributed by atoms with Gasteiger partial charge >= 0.3 is 0 Å². The highest BCUT2D eigenvalue weighted by Gasteiger charge is 2.31. The van der Waals surface area contributed by atoms with E-state index in [2.05, 4.69) is 4.98 Å². The first-order chi connectivity index (χ1) is 17.7. The van der Waals surface area contributed by atoms with Crippen LogP contribution in [-0.2, 0) is 16.6 Å². The molecule has 3 aromatic carbocycles. The Morgan fingerprint density at radius 3 is 2.51 bits per heavy atom. The van der Waals surface area contributed by atoms with Crippen molar-refractivity contribution in [3.63, 3.8) is 0 Å². The molecule has 0 radical (unpaired) electrons. The van der Waals surface area contributed by atoms with Gasteiger partial charge in [0.2, 0.25) is 10.0 Å². The van der Waals surface area contributed by atoms with Crippen molar-refractivity contribution in [1.29, 1.82) is 0 Å². The molecular weight excluding hydrogens is 516 g/mol. The summed E-state index contributed by atoms with van der Waals surface area (Å²) in [7, 11) is -3.68. The lowest BCUT2D eigenvalue weighted by Crippen LogP contribution is -2.41. The quantitative estimate of drug-likeness (QED) is 0.301. The van der Waals surface area contributed by atoms with Crippen molar-refractivity contribution in [2.45, 2.75) is 43.7 Å². The number of sulfonamides is 1. The molecule has 4 aromatic rings. The molecule has 6 nitrogen and oxygen atoms in total. The van der Waals surface area contributed by atoms with Gasteiger partial charge in [0, 0.05) is 24.2 Å². The van der Waals surface area contributed by atoms with Crippen LogP contribution in [0, 0.1) is 11.6 Å². The van der Waals surface area contributed by atoms with Gasteiger partial charge in [0.15, 0.2) is 10.9 Å². The fourth-order valence-electron chi connectivity index (χ4n) is 4.54. The van der Waals surface area contributed by atoms with Gasteiger partial charge in [-0.1, -0.05) is 48.1 Å². The predicted molar refractivity (Wildman–Crippen MR) is 140 cm³/mol. The molecule has 1 aromatic heterocycles. The number of anilines is 1. The first kappa shape index (κ1) is 25.4. The van der Waals surface area contributed by atoms with Gasteiger partial charge in [-0.15, -0.1) is 0 Å². The highest BCUT2D eigenvalue weighted by molar-refractivity contribution is 7.89. The molecule has 2 heterocycles. The number of piperidine rings is 1. The third-order valence-electron chi connectivity index (χ3n) is 6.51. The van der Waals surface area contributed by atoms with Crippen LogP contribution in [0.4, 0.5) is 13.9 Å². The lowest BCUT2D eigenvalue weighted by molar-refractivity contribution is 0.0985. The zero-order valence-electron chi connectivity index (χ0n) is 20.1. The molecule has 1 fully saturated rings. The molecule has 1 aliphatic heterocycles. The number of nitrogens with zero attached hydrogens (tertiary/aromatic N) is 3. The number of fused-ring (bicyclic) bond motifs is 1. The second-order valence-electron chi connectivity index (χ2n) is 9.09. The van der Waals surface area contributed by atoms with E-state index in [0.29, 0.717) is 6.54 Å². The third-order valence-corrected chi connectivity index (χ3v) is 9.56. The second kappa shape index (κ2) is 10.3. The molecule has 192 valence electrons. The number of rotatable bonds is 6. The minimum absolute atomic E-state index is 0.00986. The summed E-state index contributed by atoms with van der Waals surface area (Å²) in [5.41, 5.74) is 1.07. The largest absolute Gasteiger partial charge is 0.279 e. The molecule has 10 heteroatoms. The Balaban J connectivity index is 1.49. The predicted octanol–water partition coefficient (Wildman–Crippen LogP) is 5.98. The van der Waals surface area contributed by atoms with Gasteiger partial charge in [0.1, 0.15) is 11.3 Å². The first-order valence-corrected chi connectivity index (χ1v) is 14.2. The maximum atomic E-state index is 14.4. The number of thiazole rings is 1. The zero-order chi connectivity index (χ0) is 26.2. The monoisotopic (exact) mass is 541 g/mol. The molecule has 1 unspecified atom stereocenters. The molecule has 1 saturated heterocycles. The number of aromatic nitrogens is 1. The van der Waals surface area contributed by atoms with Crippen LogP contribution in [0.2, 0.25) is 0 Å². The van der Waals surface area contributed by atoms with E-state index < -0.39 is 27.6 Å². The van der Waals surface area contributed by atoms with Crippen LogP contribution in [0.25, 0.3) is 10.2 Å². The van der Waals surface area contributed by atoms with Crippen molar-refractivity contribution in [1.82, 2.24) is 9.29 Å². The summed E-state index contributed by atoms with van der Waals surface area (Å²) in [6, 6.07) is 17.0. The Kier molecular flexibility index (Phi) is 7.06. The Hall–Kier alpha value is -3.21. The van der Waals surface area contributed by atoms with Crippen LogP contribution in [0.3, 0.4) is 0 Å². The van der Waals surface area contributed by atoms with Crippen LogP contribution < -0.4 is 4.90 Å². The second-order valence-corrected chi connectivity index (χ2v) is 12.0. The summed E-state index contributed by atoms with van der Waals surface area (Å²) in [6.45, 7) is 2.53. The van der Waals surface area contributed by atoms with E-state index in [1.165, 1.54) is 39.5 Å². The van der Waals surface area contributed by atoms with E-state index in [4.69, 9.17) is 0 Å². The van der Waals surface area contributed by atoms with Gasteiger partial charge in [-0.25, -0.2) is 22.2 Å². The summed E-state index contributed by atoms with van der Waals surface area (Å²) in [4.78, 5) is 19.5. The van der Waals surface area contributed by atoms with Gasteiger partial charge < -0.3 is 0 Å².